The Morgan fingerprint density at radius 3 is 2.50 bits per heavy atom. The summed E-state index contributed by atoms with van der Waals surface area (Å²) in [5.41, 5.74) is 0.699. The maximum absolute atomic E-state index is 13.1. The van der Waals surface area contributed by atoms with Crippen molar-refractivity contribution in [2.24, 2.45) is 0 Å². The minimum absolute atomic E-state index is 0.0841. The zero-order valence-corrected chi connectivity index (χ0v) is 19.9. The van der Waals surface area contributed by atoms with E-state index in [9.17, 15) is 18.0 Å². The van der Waals surface area contributed by atoms with E-state index in [1.807, 2.05) is 0 Å². The van der Waals surface area contributed by atoms with E-state index in [1.165, 1.54) is 7.11 Å². The van der Waals surface area contributed by atoms with Crippen LogP contribution in [0, 0.1) is 0 Å². The quantitative estimate of drug-likeness (QED) is 0.586. The molecule has 1 aliphatic heterocycles. The van der Waals surface area contributed by atoms with Gasteiger partial charge in [0.1, 0.15) is 21.6 Å². The Bertz CT molecular complexity index is 1190. The number of fused-ring (bicyclic) bond motifs is 1. The molecule has 0 bridgehead atoms. The number of ether oxygens (including phenoxy) is 3. The molecule has 10 heteroatoms. The minimum Gasteiger partial charge on any atom is -0.496 e. The Morgan fingerprint density at radius 1 is 1.09 bits per heavy atom. The summed E-state index contributed by atoms with van der Waals surface area (Å²) in [7, 11) is -1.91. The highest BCUT2D eigenvalue weighted by Crippen LogP contribution is 2.47. The van der Waals surface area contributed by atoms with Gasteiger partial charge >= 0.3 is 0 Å². The zero-order chi connectivity index (χ0) is 24.3. The van der Waals surface area contributed by atoms with E-state index in [0.29, 0.717) is 22.9 Å². The summed E-state index contributed by atoms with van der Waals surface area (Å²) in [5, 5.41) is 5.40. The monoisotopic (exact) mass is 488 g/mol. The Kier molecular flexibility index (Phi) is 6.70. The molecule has 2 aromatic rings. The zero-order valence-electron chi connectivity index (χ0n) is 19.1. The maximum atomic E-state index is 13.1. The number of anilines is 1. The molecular formula is C24H28N2O7S. The maximum Gasteiger partial charge on any atom is 0.255 e. The van der Waals surface area contributed by atoms with Gasteiger partial charge in [-0.3, -0.25) is 9.59 Å². The summed E-state index contributed by atoms with van der Waals surface area (Å²) in [4.78, 5) is 25.9. The molecule has 182 valence electrons. The van der Waals surface area contributed by atoms with Gasteiger partial charge in [0.25, 0.3) is 11.7 Å². The van der Waals surface area contributed by atoms with Gasteiger partial charge in [-0.25, -0.2) is 8.42 Å². The molecule has 2 aromatic carbocycles. The number of sulfone groups is 1. The fraction of sp³-hybridized carbons (Fsp3) is 0.417. The smallest absolute Gasteiger partial charge is 0.255 e. The minimum atomic E-state index is -3.35. The fourth-order valence-corrected chi connectivity index (χ4v) is 4.85. The largest absolute Gasteiger partial charge is 0.496 e. The first-order chi connectivity index (χ1) is 16.2. The molecule has 0 aromatic heterocycles. The molecule has 34 heavy (non-hydrogen) atoms. The predicted molar refractivity (Wildman–Crippen MR) is 126 cm³/mol. The lowest BCUT2D eigenvalue weighted by Crippen LogP contribution is -2.44. The molecule has 1 unspecified atom stereocenters. The molecule has 2 aliphatic rings. The van der Waals surface area contributed by atoms with Gasteiger partial charge in [-0.05, 0) is 43.5 Å². The van der Waals surface area contributed by atoms with Crippen molar-refractivity contribution in [3.63, 3.8) is 0 Å². The van der Waals surface area contributed by atoms with Gasteiger partial charge in [0.15, 0.2) is 11.5 Å². The van der Waals surface area contributed by atoms with Crippen molar-refractivity contribution in [3.05, 3.63) is 48.0 Å². The summed E-state index contributed by atoms with van der Waals surface area (Å²) in [6, 6.07) is 10.6. The van der Waals surface area contributed by atoms with E-state index >= 15 is 0 Å². The topological polar surface area (TPSA) is 120 Å². The van der Waals surface area contributed by atoms with Crippen molar-refractivity contribution in [2.45, 2.75) is 43.9 Å². The number of carbonyl (C=O) groups excluding carboxylic acids is 2. The lowest BCUT2D eigenvalue weighted by atomic mass is 10.1. The summed E-state index contributed by atoms with van der Waals surface area (Å²) in [6.07, 6.45) is 4.69. The van der Waals surface area contributed by atoms with E-state index < -0.39 is 33.5 Å². The Labute approximate surface area is 198 Å². The second kappa shape index (κ2) is 9.54. The summed E-state index contributed by atoms with van der Waals surface area (Å²) < 4.78 is 40.7. The van der Waals surface area contributed by atoms with Crippen molar-refractivity contribution in [1.82, 2.24) is 5.32 Å². The van der Waals surface area contributed by atoms with Gasteiger partial charge in [-0.2, -0.15) is 0 Å². The first-order valence-corrected chi connectivity index (χ1v) is 13.2. The van der Waals surface area contributed by atoms with Crippen LogP contribution in [-0.2, 0) is 14.6 Å². The average molecular weight is 489 g/mol. The van der Waals surface area contributed by atoms with Crippen LogP contribution in [0.4, 0.5) is 5.69 Å². The van der Waals surface area contributed by atoms with Crippen LogP contribution < -0.4 is 24.8 Å². The number of hydrogen-bond donors (Lipinski definition) is 2. The molecular weight excluding hydrogens is 460 g/mol. The molecule has 1 atom stereocenters. The Hall–Kier alpha value is -3.27. The molecule has 1 saturated carbocycles. The number of para-hydroxylation sites is 1. The van der Waals surface area contributed by atoms with Crippen LogP contribution in [0.5, 0.6) is 17.2 Å². The number of hydrogen-bond acceptors (Lipinski definition) is 7. The van der Waals surface area contributed by atoms with Crippen molar-refractivity contribution in [2.75, 3.05) is 24.4 Å². The summed E-state index contributed by atoms with van der Waals surface area (Å²) >= 11 is 0. The highest BCUT2D eigenvalue weighted by atomic mass is 32.2. The van der Waals surface area contributed by atoms with E-state index in [4.69, 9.17) is 14.2 Å². The second-order valence-electron chi connectivity index (χ2n) is 8.62. The highest BCUT2D eigenvalue weighted by molar-refractivity contribution is 7.90. The van der Waals surface area contributed by atoms with Gasteiger partial charge < -0.3 is 24.8 Å². The fourth-order valence-electron chi connectivity index (χ4n) is 4.19. The molecule has 1 spiro atoms. The summed E-state index contributed by atoms with van der Waals surface area (Å²) in [5.74, 6) is -0.448. The highest BCUT2D eigenvalue weighted by Gasteiger charge is 2.44. The van der Waals surface area contributed by atoms with Crippen molar-refractivity contribution < 1.29 is 32.2 Å². The van der Waals surface area contributed by atoms with Crippen LogP contribution >= 0.6 is 0 Å². The SMILES string of the molecule is COc1ccccc1C(=O)NC(CCS(C)(=O)=O)C(=O)Nc1ccc2c(c1)OC1(CCCC1)O2. The number of benzene rings is 2. The number of rotatable bonds is 8. The Morgan fingerprint density at radius 2 is 1.79 bits per heavy atom. The van der Waals surface area contributed by atoms with E-state index in [1.54, 1.807) is 42.5 Å². The molecule has 0 radical (unpaired) electrons. The third-order valence-corrected chi connectivity index (χ3v) is 6.90. The molecule has 1 aliphatic carbocycles. The number of nitrogens with one attached hydrogen (secondary N) is 2. The van der Waals surface area contributed by atoms with Crippen LogP contribution in [0.1, 0.15) is 42.5 Å². The van der Waals surface area contributed by atoms with E-state index in [2.05, 4.69) is 10.6 Å². The third kappa shape index (κ3) is 5.44. The first-order valence-electron chi connectivity index (χ1n) is 11.1. The van der Waals surface area contributed by atoms with Crippen molar-refractivity contribution in [3.8, 4) is 17.2 Å². The van der Waals surface area contributed by atoms with Crippen LogP contribution in [0.15, 0.2) is 42.5 Å². The number of carbonyl (C=O) groups is 2. The molecule has 1 heterocycles. The lowest BCUT2D eigenvalue weighted by Gasteiger charge is -2.21. The van der Waals surface area contributed by atoms with Gasteiger partial charge in [0.05, 0.1) is 18.4 Å². The van der Waals surface area contributed by atoms with Gasteiger partial charge in [-0.1, -0.05) is 12.1 Å². The van der Waals surface area contributed by atoms with Crippen LogP contribution in [0.3, 0.4) is 0 Å². The second-order valence-corrected chi connectivity index (χ2v) is 10.9. The normalized spacial score (nSPS) is 16.8. The lowest BCUT2D eigenvalue weighted by molar-refractivity contribution is -0.118. The van der Waals surface area contributed by atoms with Crippen molar-refractivity contribution in [1.29, 1.82) is 0 Å². The standard InChI is InChI=1S/C24H28N2O7S/c1-31-19-8-4-3-7-17(19)22(27)26-18(11-14-34(2,29)30)23(28)25-16-9-10-20-21(15-16)33-24(32-20)12-5-6-13-24/h3-4,7-10,15,18H,5-6,11-14H2,1-2H3,(H,25,28)(H,26,27). The molecule has 2 amide bonds. The molecule has 1 fully saturated rings. The Balaban J connectivity index is 1.49. The van der Waals surface area contributed by atoms with Gasteiger partial charge in [0.2, 0.25) is 5.91 Å². The van der Waals surface area contributed by atoms with Crippen LogP contribution in [0.2, 0.25) is 0 Å². The van der Waals surface area contributed by atoms with E-state index in [-0.39, 0.29) is 17.7 Å². The van der Waals surface area contributed by atoms with Crippen LogP contribution in [0.25, 0.3) is 0 Å². The summed E-state index contributed by atoms with van der Waals surface area (Å²) in [6.45, 7) is 0. The molecule has 0 saturated heterocycles. The first kappa shape index (κ1) is 23.9. The molecule has 4 rings (SSSR count). The number of amides is 2. The third-order valence-electron chi connectivity index (χ3n) is 5.92. The molecule has 9 nitrogen and oxygen atoms in total. The average Bonchev–Trinajstić information content (AvgIpc) is 3.40. The van der Waals surface area contributed by atoms with Crippen LogP contribution in [-0.4, -0.2) is 51.2 Å². The van der Waals surface area contributed by atoms with E-state index in [0.717, 1.165) is 31.9 Å². The molecule has 2 N–H and O–H groups in total. The number of methoxy groups -OCH3 is 1. The van der Waals surface area contributed by atoms with Gasteiger partial charge in [-0.15, -0.1) is 0 Å². The van der Waals surface area contributed by atoms with Crippen molar-refractivity contribution >= 4 is 27.3 Å². The van der Waals surface area contributed by atoms with Gasteiger partial charge in [0, 0.05) is 30.9 Å². The predicted octanol–water partition coefficient (Wildman–Crippen LogP) is 2.91.